The van der Waals surface area contributed by atoms with Crippen molar-refractivity contribution in [2.45, 2.75) is 12.8 Å². The van der Waals surface area contributed by atoms with E-state index in [0.29, 0.717) is 11.3 Å². The SMILES string of the molecule is N#Cc1ccn(O)c1C1=CC=C(Cl)CC1. The van der Waals surface area contributed by atoms with Crippen LogP contribution in [-0.2, 0) is 0 Å². The maximum absolute atomic E-state index is 9.55. The first-order valence-electron chi connectivity index (χ1n) is 4.58. The summed E-state index contributed by atoms with van der Waals surface area (Å²) in [5.41, 5.74) is 1.98. The third-order valence-electron chi connectivity index (χ3n) is 2.39. The summed E-state index contributed by atoms with van der Waals surface area (Å²) in [6.07, 6.45) is 6.61. The van der Waals surface area contributed by atoms with Crippen LogP contribution in [-0.4, -0.2) is 9.94 Å². The highest BCUT2D eigenvalue weighted by atomic mass is 35.5. The maximum Gasteiger partial charge on any atom is 0.102 e. The molecule has 2 rings (SSSR count). The van der Waals surface area contributed by atoms with Gasteiger partial charge in [0.25, 0.3) is 0 Å². The molecular formula is C11H9ClN2O. The fraction of sp³-hybridized carbons (Fsp3) is 0.182. The monoisotopic (exact) mass is 220 g/mol. The van der Waals surface area contributed by atoms with Crippen molar-refractivity contribution >= 4 is 17.2 Å². The van der Waals surface area contributed by atoms with E-state index in [1.165, 1.54) is 6.20 Å². The van der Waals surface area contributed by atoms with E-state index >= 15 is 0 Å². The molecule has 0 aromatic carbocycles. The van der Waals surface area contributed by atoms with Crippen LogP contribution in [0.3, 0.4) is 0 Å². The molecule has 76 valence electrons. The van der Waals surface area contributed by atoms with Crippen molar-refractivity contribution in [3.63, 3.8) is 0 Å². The number of nitrogens with zero attached hydrogens (tertiary/aromatic N) is 2. The number of hydrogen-bond acceptors (Lipinski definition) is 2. The standard InChI is InChI=1S/C11H9ClN2O/c12-10-3-1-8(2-4-10)11-9(7-13)5-6-14(11)15/h1,3,5-6,15H,2,4H2. The minimum Gasteiger partial charge on any atom is -0.428 e. The number of hydrogen-bond donors (Lipinski definition) is 1. The molecule has 1 heterocycles. The highest BCUT2D eigenvalue weighted by Gasteiger charge is 2.15. The van der Waals surface area contributed by atoms with Crippen molar-refractivity contribution in [3.05, 3.63) is 40.7 Å². The molecule has 15 heavy (non-hydrogen) atoms. The van der Waals surface area contributed by atoms with Gasteiger partial charge in [-0.1, -0.05) is 17.7 Å². The molecule has 0 saturated heterocycles. The number of rotatable bonds is 1. The van der Waals surface area contributed by atoms with Crippen LogP contribution in [0.25, 0.3) is 5.57 Å². The highest BCUT2D eigenvalue weighted by Crippen LogP contribution is 2.29. The van der Waals surface area contributed by atoms with E-state index < -0.39 is 0 Å². The smallest absolute Gasteiger partial charge is 0.102 e. The summed E-state index contributed by atoms with van der Waals surface area (Å²) in [5.74, 6) is 0. The Morgan fingerprint density at radius 3 is 2.80 bits per heavy atom. The third-order valence-corrected chi connectivity index (χ3v) is 2.70. The minimum absolute atomic E-state index is 0.482. The Morgan fingerprint density at radius 1 is 1.40 bits per heavy atom. The normalized spacial score (nSPS) is 15.5. The zero-order chi connectivity index (χ0) is 10.8. The predicted octanol–water partition coefficient (Wildman–Crippen LogP) is 2.90. The second kappa shape index (κ2) is 3.84. The molecule has 1 aromatic heterocycles. The lowest BCUT2D eigenvalue weighted by atomic mass is 10.00. The van der Waals surface area contributed by atoms with E-state index in [0.717, 1.165) is 28.2 Å². The Hall–Kier alpha value is -1.66. The highest BCUT2D eigenvalue weighted by molar-refractivity contribution is 6.29. The summed E-state index contributed by atoms with van der Waals surface area (Å²) in [6.45, 7) is 0. The predicted molar refractivity (Wildman–Crippen MR) is 57.5 cm³/mol. The summed E-state index contributed by atoms with van der Waals surface area (Å²) in [7, 11) is 0. The molecule has 1 aliphatic rings. The van der Waals surface area contributed by atoms with Gasteiger partial charge in [-0.3, -0.25) is 0 Å². The summed E-state index contributed by atoms with van der Waals surface area (Å²) < 4.78 is 0.984. The molecule has 0 fully saturated rings. The van der Waals surface area contributed by atoms with Gasteiger partial charge in [-0.25, -0.2) is 0 Å². The zero-order valence-corrected chi connectivity index (χ0v) is 8.70. The second-order valence-corrected chi connectivity index (χ2v) is 3.83. The van der Waals surface area contributed by atoms with Crippen molar-refractivity contribution in [1.82, 2.24) is 4.73 Å². The first-order chi connectivity index (χ1) is 7.22. The van der Waals surface area contributed by atoms with Gasteiger partial charge in [-0.05, 0) is 30.6 Å². The Labute approximate surface area is 92.5 Å². The lowest BCUT2D eigenvalue weighted by Gasteiger charge is -2.11. The second-order valence-electron chi connectivity index (χ2n) is 3.34. The molecule has 0 atom stereocenters. The lowest BCUT2D eigenvalue weighted by Crippen LogP contribution is -2.00. The van der Waals surface area contributed by atoms with Crippen molar-refractivity contribution < 1.29 is 5.21 Å². The Morgan fingerprint density at radius 2 is 2.20 bits per heavy atom. The maximum atomic E-state index is 9.55. The lowest BCUT2D eigenvalue weighted by molar-refractivity contribution is 0.184. The van der Waals surface area contributed by atoms with Crippen LogP contribution < -0.4 is 0 Å². The van der Waals surface area contributed by atoms with Gasteiger partial charge >= 0.3 is 0 Å². The topological polar surface area (TPSA) is 49.0 Å². The van der Waals surface area contributed by atoms with Gasteiger partial charge in [0.15, 0.2) is 0 Å². The molecule has 3 nitrogen and oxygen atoms in total. The van der Waals surface area contributed by atoms with E-state index in [2.05, 4.69) is 0 Å². The van der Waals surface area contributed by atoms with Crippen LogP contribution in [0.15, 0.2) is 29.4 Å². The van der Waals surface area contributed by atoms with Crippen molar-refractivity contribution in [2.75, 3.05) is 0 Å². The summed E-state index contributed by atoms with van der Waals surface area (Å²) in [4.78, 5) is 0. The summed E-state index contributed by atoms with van der Waals surface area (Å²) in [6, 6.07) is 3.64. The molecule has 1 aromatic rings. The van der Waals surface area contributed by atoms with E-state index in [1.54, 1.807) is 12.1 Å². The van der Waals surface area contributed by atoms with Gasteiger partial charge in [0.1, 0.15) is 11.8 Å². The molecule has 0 bridgehead atoms. The quantitative estimate of drug-likeness (QED) is 0.740. The van der Waals surface area contributed by atoms with E-state index in [4.69, 9.17) is 16.9 Å². The number of allylic oxidation sites excluding steroid dienone is 4. The fourth-order valence-electron chi connectivity index (χ4n) is 1.64. The van der Waals surface area contributed by atoms with Crippen LogP contribution >= 0.6 is 11.6 Å². The number of nitriles is 1. The molecule has 0 aliphatic heterocycles. The summed E-state index contributed by atoms with van der Waals surface area (Å²) in [5, 5.41) is 19.2. The van der Waals surface area contributed by atoms with Gasteiger partial charge in [0.05, 0.1) is 5.56 Å². The fourth-order valence-corrected chi connectivity index (χ4v) is 1.80. The molecule has 0 spiro atoms. The van der Waals surface area contributed by atoms with Gasteiger partial charge < -0.3 is 5.21 Å². The van der Waals surface area contributed by atoms with E-state index in [9.17, 15) is 5.21 Å². The molecule has 1 aliphatic carbocycles. The Bertz CT molecular complexity index is 491. The molecule has 0 amide bonds. The largest absolute Gasteiger partial charge is 0.428 e. The number of aromatic nitrogens is 1. The number of halogens is 1. The van der Waals surface area contributed by atoms with Crippen LogP contribution in [0.5, 0.6) is 0 Å². The van der Waals surface area contributed by atoms with E-state index in [1.807, 2.05) is 12.1 Å². The van der Waals surface area contributed by atoms with Crippen LogP contribution in [0.1, 0.15) is 24.1 Å². The minimum atomic E-state index is 0.482. The molecular weight excluding hydrogens is 212 g/mol. The van der Waals surface area contributed by atoms with Crippen LogP contribution in [0, 0.1) is 11.3 Å². The van der Waals surface area contributed by atoms with Crippen molar-refractivity contribution in [1.29, 1.82) is 5.26 Å². The molecule has 0 saturated carbocycles. The molecule has 0 radical (unpaired) electrons. The van der Waals surface area contributed by atoms with Gasteiger partial charge in [0.2, 0.25) is 0 Å². The Balaban J connectivity index is 2.47. The molecule has 0 unspecified atom stereocenters. The molecule has 4 heteroatoms. The average molecular weight is 221 g/mol. The van der Waals surface area contributed by atoms with Gasteiger partial charge in [0, 0.05) is 11.2 Å². The van der Waals surface area contributed by atoms with Gasteiger partial charge in [-0.2, -0.15) is 9.99 Å². The van der Waals surface area contributed by atoms with Crippen molar-refractivity contribution in [3.8, 4) is 6.07 Å². The van der Waals surface area contributed by atoms with Crippen LogP contribution in [0.2, 0.25) is 0 Å². The first-order valence-corrected chi connectivity index (χ1v) is 4.96. The first kappa shape index (κ1) is 9.88. The van der Waals surface area contributed by atoms with E-state index in [-0.39, 0.29) is 0 Å². The average Bonchev–Trinajstić information content (AvgIpc) is 2.61. The Kier molecular flexibility index (Phi) is 2.53. The van der Waals surface area contributed by atoms with Gasteiger partial charge in [-0.15, -0.1) is 0 Å². The third kappa shape index (κ3) is 1.77. The van der Waals surface area contributed by atoms with Crippen LogP contribution in [0.4, 0.5) is 0 Å². The zero-order valence-electron chi connectivity index (χ0n) is 7.94. The molecule has 1 N–H and O–H groups in total. The van der Waals surface area contributed by atoms with Crippen molar-refractivity contribution in [2.24, 2.45) is 0 Å². The summed E-state index contributed by atoms with van der Waals surface area (Å²) >= 11 is 5.84.